The van der Waals surface area contributed by atoms with Crippen LogP contribution in [0.25, 0.3) is 12.2 Å². The second-order valence-corrected chi connectivity index (χ2v) is 12.3. The number of esters is 1. The van der Waals surface area contributed by atoms with Gasteiger partial charge >= 0.3 is 5.97 Å². The first-order valence-electron chi connectivity index (χ1n) is 16.9. The highest BCUT2D eigenvalue weighted by Gasteiger charge is 2.41. The third kappa shape index (κ3) is 9.94. The first-order chi connectivity index (χ1) is 25.6. The van der Waals surface area contributed by atoms with Crippen LogP contribution in [-0.4, -0.2) is 79.8 Å². The maximum Gasteiger partial charge on any atom is 0.331 e. The number of aromatic hydroxyl groups is 3. The van der Waals surface area contributed by atoms with E-state index in [9.17, 15) is 25.2 Å². The molecule has 0 aliphatic carbocycles. The Balaban J connectivity index is 1.33. The molecule has 4 aromatic rings. The van der Waals surface area contributed by atoms with Crippen molar-refractivity contribution in [1.82, 2.24) is 0 Å². The van der Waals surface area contributed by atoms with Crippen LogP contribution in [0.2, 0.25) is 0 Å². The van der Waals surface area contributed by atoms with Crippen molar-refractivity contribution in [3.63, 3.8) is 0 Å². The van der Waals surface area contributed by atoms with Crippen molar-refractivity contribution in [3.05, 3.63) is 107 Å². The lowest BCUT2D eigenvalue weighted by molar-refractivity contribution is -0.164. The number of methoxy groups -OCH3 is 4. The lowest BCUT2D eigenvalue weighted by Gasteiger charge is -2.40. The van der Waals surface area contributed by atoms with Gasteiger partial charge in [0.15, 0.2) is 40.6 Å². The van der Waals surface area contributed by atoms with Crippen LogP contribution in [0.3, 0.4) is 0 Å². The molecule has 1 heterocycles. The molecule has 0 bridgehead atoms. The Morgan fingerprint density at radius 1 is 0.774 bits per heavy atom. The Kier molecular flexibility index (Phi) is 13.1. The molecule has 280 valence electrons. The largest absolute Gasteiger partial charge is 0.508 e. The first-order valence-corrected chi connectivity index (χ1v) is 16.9. The maximum absolute atomic E-state index is 12.2. The summed E-state index contributed by atoms with van der Waals surface area (Å²) in [6, 6.07) is 19.9. The van der Waals surface area contributed by atoms with E-state index in [0.29, 0.717) is 41.2 Å². The lowest BCUT2D eigenvalue weighted by atomic mass is 9.90. The number of carbonyl (C=O) groups excluding carboxylic acids is 1. The summed E-state index contributed by atoms with van der Waals surface area (Å²) in [5.41, 5.74) is 2.96. The smallest absolute Gasteiger partial charge is 0.331 e. The van der Waals surface area contributed by atoms with Crippen LogP contribution in [0, 0.1) is 0 Å². The van der Waals surface area contributed by atoms with E-state index in [1.54, 1.807) is 66.8 Å². The summed E-state index contributed by atoms with van der Waals surface area (Å²) in [6.07, 6.45) is 4.64. The van der Waals surface area contributed by atoms with Gasteiger partial charge in [-0.3, -0.25) is 0 Å². The van der Waals surface area contributed by atoms with Gasteiger partial charge in [-0.25, -0.2) is 4.79 Å². The van der Waals surface area contributed by atoms with Crippen LogP contribution in [0.5, 0.6) is 46.0 Å². The summed E-state index contributed by atoms with van der Waals surface area (Å²) in [6.45, 7) is 0.00642. The molecule has 4 atom stereocenters. The molecular weight excluding hydrogens is 684 g/mol. The third-order valence-corrected chi connectivity index (χ3v) is 8.73. The van der Waals surface area contributed by atoms with Crippen molar-refractivity contribution < 1.29 is 58.4 Å². The minimum atomic E-state index is -0.986. The molecule has 1 fully saturated rings. The van der Waals surface area contributed by atoms with E-state index in [1.165, 1.54) is 52.7 Å². The molecule has 5 rings (SSSR count). The highest BCUT2D eigenvalue weighted by atomic mass is 16.6. The van der Waals surface area contributed by atoms with Gasteiger partial charge < -0.3 is 53.6 Å². The van der Waals surface area contributed by atoms with Crippen LogP contribution in [0.1, 0.15) is 41.2 Å². The summed E-state index contributed by atoms with van der Waals surface area (Å²) in [4.78, 5) is 12.2. The van der Waals surface area contributed by atoms with E-state index in [4.69, 9.17) is 33.2 Å². The maximum atomic E-state index is 12.2. The van der Waals surface area contributed by atoms with Crippen LogP contribution in [0.4, 0.5) is 0 Å². The number of carbonyl (C=O) groups is 1. The third-order valence-electron chi connectivity index (χ3n) is 8.73. The number of aryl methyl sites for hydroxylation is 1. The molecule has 4 aromatic carbocycles. The Labute approximate surface area is 308 Å². The number of hydrogen-bond donors (Lipinski definition) is 4. The zero-order chi connectivity index (χ0) is 37.9. The topological polar surface area (TPSA) is 163 Å². The number of phenols is 3. The van der Waals surface area contributed by atoms with E-state index in [1.807, 2.05) is 6.07 Å². The second kappa shape index (κ2) is 18.1. The second-order valence-electron chi connectivity index (χ2n) is 12.3. The number of ether oxygens (including phenoxy) is 7. The molecular formula is C41H44O12. The summed E-state index contributed by atoms with van der Waals surface area (Å²) in [5.74, 6) is 1.13. The van der Waals surface area contributed by atoms with E-state index in [2.05, 4.69) is 0 Å². The van der Waals surface area contributed by atoms with Crippen molar-refractivity contribution in [1.29, 1.82) is 0 Å². The average molecular weight is 729 g/mol. The summed E-state index contributed by atoms with van der Waals surface area (Å²) >= 11 is 0. The molecule has 1 aliphatic heterocycles. The highest BCUT2D eigenvalue weighted by molar-refractivity contribution is 5.87. The van der Waals surface area contributed by atoms with Gasteiger partial charge in [0, 0.05) is 12.5 Å². The minimum absolute atomic E-state index is 0.00642. The molecule has 4 N–H and O–H groups in total. The number of hydrogen-bond acceptors (Lipinski definition) is 12. The van der Waals surface area contributed by atoms with Gasteiger partial charge in [-0.05, 0) is 95.8 Å². The number of rotatable bonds is 15. The van der Waals surface area contributed by atoms with E-state index < -0.39 is 24.3 Å². The Hall–Kier alpha value is -5.85. The molecule has 0 aromatic heterocycles. The number of aliphatic hydroxyl groups is 1. The van der Waals surface area contributed by atoms with Gasteiger partial charge in [0.2, 0.25) is 5.75 Å². The van der Waals surface area contributed by atoms with E-state index in [0.717, 1.165) is 11.1 Å². The summed E-state index contributed by atoms with van der Waals surface area (Å²) in [5, 5.41) is 41.3. The van der Waals surface area contributed by atoms with Crippen LogP contribution in [0.15, 0.2) is 84.9 Å². The molecule has 1 saturated heterocycles. The SMILES string of the molecule is COc1cc(CC[C@H]2C[C@H](O)[C@H](Oc3c(OC)cc(/C=C\COC(=O)/C=C/c4ccc(O)cc4)cc3OC)[C@@H](c3ccc(O)c(OC)c3)O2)ccc1O. The molecule has 0 unspecified atom stereocenters. The van der Waals surface area contributed by atoms with Crippen molar-refractivity contribution in [3.8, 4) is 46.0 Å². The van der Waals surface area contributed by atoms with Crippen LogP contribution >= 0.6 is 0 Å². The predicted molar refractivity (Wildman–Crippen MR) is 197 cm³/mol. The minimum Gasteiger partial charge on any atom is -0.508 e. The highest BCUT2D eigenvalue weighted by Crippen LogP contribution is 2.44. The van der Waals surface area contributed by atoms with Crippen molar-refractivity contribution in [2.24, 2.45) is 0 Å². The van der Waals surface area contributed by atoms with Gasteiger partial charge in [-0.15, -0.1) is 0 Å². The molecule has 12 heteroatoms. The standard InChI is InChI=1S/C41H44O12/c1-47-34-20-26(10-16-31(34)43)9-15-30-24-33(45)40(39(52-30)28-12-17-32(44)35(23-28)48-2)53-41-36(49-3)21-27(22-37(41)50-4)6-5-19-51-38(46)18-11-25-7-13-29(42)14-8-25/h5-8,10-14,16-18,20-23,30,33,39-40,42-45H,9,15,19,24H2,1-4H3/b6-5-,18-11+/t30-,33-,39+,40-/m0/s1. The van der Waals surface area contributed by atoms with E-state index in [-0.39, 0.29) is 47.9 Å². The van der Waals surface area contributed by atoms with Crippen LogP contribution in [-0.2, 0) is 20.7 Å². The van der Waals surface area contributed by atoms with Gasteiger partial charge in [-0.2, -0.15) is 0 Å². The molecule has 0 radical (unpaired) electrons. The lowest BCUT2D eigenvalue weighted by Crippen LogP contribution is -2.47. The van der Waals surface area contributed by atoms with E-state index >= 15 is 0 Å². The Bertz CT molecular complexity index is 1880. The molecule has 0 spiro atoms. The summed E-state index contributed by atoms with van der Waals surface area (Å²) < 4.78 is 40.5. The Morgan fingerprint density at radius 2 is 1.42 bits per heavy atom. The van der Waals surface area contributed by atoms with Gasteiger partial charge in [0.25, 0.3) is 0 Å². The average Bonchev–Trinajstić information content (AvgIpc) is 3.17. The molecule has 0 saturated carbocycles. The molecule has 0 amide bonds. The fraction of sp³-hybridized carbons (Fsp3) is 0.293. The normalized spacial score (nSPS) is 18.5. The monoisotopic (exact) mass is 728 g/mol. The van der Waals surface area contributed by atoms with Crippen molar-refractivity contribution >= 4 is 18.1 Å². The first kappa shape index (κ1) is 38.4. The van der Waals surface area contributed by atoms with Crippen molar-refractivity contribution in [2.45, 2.75) is 43.7 Å². The number of benzene rings is 4. The molecule has 1 aliphatic rings. The molecule has 53 heavy (non-hydrogen) atoms. The predicted octanol–water partition coefficient (Wildman–Crippen LogP) is 6.38. The number of phenolic OH excluding ortho intramolecular Hbond substituents is 3. The van der Waals surface area contributed by atoms with Gasteiger partial charge in [-0.1, -0.05) is 30.3 Å². The van der Waals surface area contributed by atoms with Gasteiger partial charge in [0.1, 0.15) is 18.5 Å². The molecule has 12 nitrogen and oxygen atoms in total. The zero-order valence-electron chi connectivity index (χ0n) is 29.9. The quantitative estimate of drug-likeness (QED) is 0.0791. The zero-order valence-corrected chi connectivity index (χ0v) is 29.9. The summed E-state index contributed by atoms with van der Waals surface area (Å²) in [7, 11) is 5.92. The fourth-order valence-electron chi connectivity index (χ4n) is 5.98. The van der Waals surface area contributed by atoms with Crippen LogP contribution < -0.4 is 23.7 Å². The fourth-order valence-corrected chi connectivity index (χ4v) is 5.98. The van der Waals surface area contributed by atoms with Crippen molar-refractivity contribution in [2.75, 3.05) is 35.0 Å². The van der Waals surface area contributed by atoms with Gasteiger partial charge in [0.05, 0.1) is 40.6 Å². The Morgan fingerprint density at radius 3 is 2.08 bits per heavy atom. The number of aliphatic hydroxyl groups excluding tert-OH is 1.